The number of amides is 1. The first-order valence-electron chi connectivity index (χ1n) is 7.67. The molecule has 1 atom stereocenters. The van der Waals surface area contributed by atoms with E-state index in [9.17, 15) is 4.79 Å². The van der Waals surface area contributed by atoms with E-state index in [1.807, 2.05) is 26.8 Å². The van der Waals surface area contributed by atoms with Crippen molar-refractivity contribution in [3.05, 3.63) is 34.7 Å². The molecule has 0 spiro atoms. The second-order valence-corrected chi connectivity index (χ2v) is 6.50. The van der Waals surface area contributed by atoms with Crippen molar-refractivity contribution >= 4 is 11.8 Å². The lowest BCUT2D eigenvalue weighted by atomic mass is 10.1. The number of carbonyl (C=O) groups is 1. The Morgan fingerprint density at radius 2 is 2.22 bits per heavy atom. The predicted octanol–water partition coefficient (Wildman–Crippen LogP) is 4.41. The van der Waals surface area contributed by atoms with Crippen molar-refractivity contribution < 1.29 is 14.3 Å². The van der Waals surface area contributed by atoms with E-state index < -0.39 is 5.60 Å². The van der Waals surface area contributed by atoms with Crippen LogP contribution in [0.5, 0.6) is 5.75 Å². The number of hydrogen-bond donors (Lipinski definition) is 0. The van der Waals surface area contributed by atoms with E-state index in [1.165, 1.54) is 0 Å². The maximum absolute atomic E-state index is 12.1. The van der Waals surface area contributed by atoms with E-state index in [0.29, 0.717) is 24.5 Å². The number of piperidine rings is 1. The molecule has 7 heteroatoms. The number of hydrogen-bond acceptors (Lipinski definition) is 4. The fourth-order valence-corrected chi connectivity index (χ4v) is 2.39. The fourth-order valence-electron chi connectivity index (χ4n) is 2.39. The lowest BCUT2D eigenvalue weighted by molar-refractivity contribution is 0.00776. The summed E-state index contributed by atoms with van der Waals surface area (Å²) >= 11 is 0. The zero-order valence-corrected chi connectivity index (χ0v) is 13.7. The van der Waals surface area contributed by atoms with Crippen LogP contribution in [0.1, 0.15) is 33.6 Å². The zero-order chi connectivity index (χ0) is 16.9. The highest BCUT2D eigenvalue weighted by Gasteiger charge is 2.28. The van der Waals surface area contributed by atoms with Crippen LogP contribution >= 0.6 is 0 Å². The SMILES string of the molecule is CC(C)(C)OC(=O)N1CCCC(Oc2cccc(N=[N+]=[N-])c2)C1. The van der Waals surface area contributed by atoms with Crippen LogP contribution in [-0.2, 0) is 4.74 Å². The van der Waals surface area contributed by atoms with Gasteiger partial charge in [0, 0.05) is 17.1 Å². The molecule has 1 heterocycles. The summed E-state index contributed by atoms with van der Waals surface area (Å²) in [4.78, 5) is 16.6. The van der Waals surface area contributed by atoms with E-state index >= 15 is 0 Å². The molecular weight excluding hydrogens is 296 g/mol. The van der Waals surface area contributed by atoms with Crippen molar-refractivity contribution in [2.75, 3.05) is 13.1 Å². The average molecular weight is 318 g/mol. The molecule has 1 fully saturated rings. The van der Waals surface area contributed by atoms with Crippen LogP contribution in [0, 0.1) is 0 Å². The van der Waals surface area contributed by atoms with Gasteiger partial charge >= 0.3 is 6.09 Å². The normalized spacial score (nSPS) is 18.0. The number of benzene rings is 1. The van der Waals surface area contributed by atoms with Gasteiger partial charge in [0.25, 0.3) is 0 Å². The topological polar surface area (TPSA) is 87.5 Å². The number of likely N-dealkylation sites (tertiary alicyclic amines) is 1. The van der Waals surface area contributed by atoms with Crippen LogP contribution < -0.4 is 4.74 Å². The molecule has 23 heavy (non-hydrogen) atoms. The summed E-state index contributed by atoms with van der Waals surface area (Å²) in [6.45, 7) is 6.71. The molecule has 1 aliphatic rings. The summed E-state index contributed by atoms with van der Waals surface area (Å²) < 4.78 is 11.3. The quantitative estimate of drug-likeness (QED) is 0.470. The van der Waals surface area contributed by atoms with Gasteiger partial charge in [-0.15, -0.1) is 0 Å². The highest BCUT2D eigenvalue weighted by molar-refractivity contribution is 5.68. The zero-order valence-electron chi connectivity index (χ0n) is 13.7. The Kier molecular flexibility index (Phi) is 5.34. The van der Waals surface area contributed by atoms with E-state index in [2.05, 4.69) is 10.0 Å². The number of rotatable bonds is 3. The standard InChI is InChI=1S/C16H22N4O3/c1-16(2,3)23-15(21)20-9-5-8-14(11-20)22-13-7-4-6-12(10-13)18-19-17/h4,6-7,10,14H,5,8-9,11H2,1-3H3. The van der Waals surface area contributed by atoms with E-state index in [4.69, 9.17) is 15.0 Å². The molecule has 0 saturated carbocycles. The Balaban J connectivity index is 1.97. The smallest absolute Gasteiger partial charge is 0.410 e. The number of azide groups is 1. The molecule has 1 unspecified atom stereocenters. The second-order valence-electron chi connectivity index (χ2n) is 6.50. The third-order valence-electron chi connectivity index (χ3n) is 3.31. The molecule has 0 aliphatic carbocycles. The molecule has 1 aromatic rings. The van der Waals surface area contributed by atoms with Crippen LogP contribution in [0.25, 0.3) is 10.4 Å². The summed E-state index contributed by atoms with van der Waals surface area (Å²) in [5.41, 5.74) is 8.48. The van der Waals surface area contributed by atoms with E-state index in [1.54, 1.807) is 23.1 Å². The maximum Gasteiger partial charge on any atom is 0.410 e. The minimum atomic E-state index is -0.505. The lowest BCUT2D eigenvalue weighted by Crippen LogP contribution is -2.46. The van der Waals surface area contributed by atoms with Crippen molar-refractivity contribution in [3.63, 3.8) is 0 Å². The Morgan fingerprint density at radius 3 is 2.91 bits per heavy atom. The Labute approximate surface area is 135 Å². The first-order valence-corrected chi connectivity index (χ1v) is 7.67. The molecule has 0 bridgehead atoms. The van der Waals surface area contributed by atoms with Crippen LogP contribution in [-0.4, -0.2) is 35.8 Å². The highest BCUT2D eigenvalue weighted by atomic mass is 16.6. The monoisotopic (exact) mass is 318 g/mol. The maximum atomic E-state index is 12.1. The molecule has 1 aliphatic heterocycles. The summed E-state index contributed by atoms with van der Waals surface area (Å²) in [7, 11) is 0. The first-order chi connectivity index (χ1) is 10.9. The third kappa shape index (κ3) is 5.38. The van der Waals surface area contributed by atoms with Crippen molar-refractivity contribution in [3.8, 4) is 5.75 Å². The molecule has 1 saturated heterocycles. The molecule has 1 amide bonds. The molecule has 0 radical (unpaired) electrons. The third-order valence-corrected chi connectivity index (χ3v) is 3.31. The largest absolute Gasteiger partial charge is 0.489 e. The number of ether oxygens (including phenoxy) is 2. The van der Waals surface area contributed by atoms with Crippen LogP contribution in [0.2, 0.25) is 0 Å². The summed E-state index contributed by atoms with van der Waals surface area (Å²) in [6, 6.07) is 6.98. The van der Waals surface area contributed by atoms with Crippen molar-refractivity contribution in [2.45, 2.75) is 45.3 Å². The van der Waals surface area contributed by atoms with Gasteiger partial charge in [-0.25, -0.2) is 4.79 Å². The van der Waals surface area contributed by atoms with Gasteiger partial charge in [-0.2, -0.15) is 0 Å². The number of nitrogens with zero attached hydrogens (tertiary/aromatic N) is 4. The molecule has 2 rings (SSSR count). The van der Waals surface area contributed by atoms with Gasteiger partial charge in [0.2, 0.25) is 0 Å². The predicted molar refractivity (Wildman–Crippen MR) is 86.7 cm³/mol. The van der Waals surface area contributed by atoms with Crippen molar-refractivity contribution in [1.82, 2.24) is 4.90 Å². The molecule has 7 nitrogen and oxygen atoms in total. The van der Waals surface area contributed by atoms with Gasteiger partial charge in [0.15, 0.2) is 0 Å². The Morgan fingerprint density at radius 1 is 1.43 bits per heavy atom. The van der Waals surface area contributed by atoms with Gasteiger partial charge in [-0.05, 0) is 51.3 Å². The summed E-state index contributed by atoms with van der Waals surface area (Å²) in [5, 5.41) is 3.56. The van der Waals surface area contributed by atoms with Gasteiger partial charge in [0.1, 0.15) is 17.5 Å². The van der Waals surface area contributed by atoms with Crippen molar-refractivity contribution in [1.29, 1.82) is 0 Å². The molecule has 1 aromatic carbocycles. The Hall–Kier alpha value is -2.40. The molecule has 0 aromatic heterocycles. The van der Waals surface area contributed by atoms with Crippen LogP contribution in [0.4, 0.5) is 10.5 Å². The molecule has 124 valence electrons. The minimum absolute atomic E-state index is 0.0995. The molecule has 0 N–H and O–H groups in total. The summed E-state index contributed by atoms with van der Waals surface area (Å²) in [6.07, 6.45) is 1.32. The van der Waals surface area contributed by atoms with Gasteiger partial charge in [-0.3, -0.25) is 0 Å². The highest BCUT2D eigenvalue weighted by Crippen LogP contribution is 2.24. The second kappa shape index (κ2) is 7.24. The minimum Gasteiger partial charge on any atom is -0.489 e. The Bertz CT molecular complexity index is 606. The number of carbonyl (C=O) groups excluding carboxylic acids is 1. The fraction of sp³-hybridized carbons (Fsp3) is 0.562. The van der Waals surface area contributed by atoms with Crippen molar-refractivity contribution in [2.24, 2.45) is 5.11 Å². The molecular formula is C16H22N4O3. The van der Waals surface area contributed by atoms with Gasteiger partial charge in [0.05, 0.1) is 6.54 Å². The van der Waals surface area contributed by atoms with Crippen LogP contribution in [0.3, 0.4) is 0 Å². The van der Waals surface area contributed by atoms with Gasteiger partial charge in [-0.1, -0.05) is 17.2 Å². The lowest BCUT2D eigenvalue weighted by Gasteiger charge is -2.34. The van der Waals surface area contributed by atoms with E-state index in [0.717, 1.165) is 12.8 Å². The first kappa shape index (κ1) is 17.0. The summed E-state index contributed by atoms with van der Waals surface area (Å²) in [5.74, 6) is 0.630. The average Bonchev–Trinajstić information content (AvgIpc) is 2.46. The van der Waals surface area contributed by atoms with E-state index in [-0.39, 0.29) is 12.2 Å². The van der Waals surface area contributed by atoms with Crippen LogP contribution in [0.15, 0.2) is 29.4 Å². The van der Waals surface area contributed by atoms with Gasteiger partial charge < -0.3 is 14.4 Å².